The Kier molecular flexibility index (Phi) is 8.71. The first-order chi connectivity index (χ1) is 14.3. The van der Waals surface area contributed by atoms with E-state index in [1.807, 2.05) is 25.1 Å². The molecule has 0 saturated heterocycles. The summed E-state index contributed by atoms with van der Waals surface area (Å²) in [6.45, 7) is 14.5. The Morgan fingerprint density at radius 3 is 2.17 bits per heavy atom. The second kappa shape index (κ2) is 11.0. The third-order valence-corrected chi connectivity index (χ3v) is 5.85. The van der Waals surface area contributed by atoms with Crippen molar-refractivity contribution in [2.75, 3.05) is 0 Å². The first kappa shape index (κ1) is 23.7. The number of hydrogen-bond acceptors (Lipinski definition) is 3. The number of Topliss-reactive ketones (excluding diaryl/α,β-unsaturated/α-hetero) is 1. The van der Waals surface area contributed by atoms with E-state index in [-0.39, 0.29) is 5.78 Å². The SMILES string of the molecule is CC(=O)c1ccc(C)c(-c2ccc3c(C)nncc3c2)c1.CC1CCC1C.CCC. The summed E-state index contributed by atoms with van der Waals surface area (Å²) in [6.07, 6.45) is 5.97. The summed E-state index contributed by atoms with van der Waals surface area (Å²) >= 11 is 0. The number of rotatable bonds is 2. The van der Waals surface area contributed by atoms with Crippen LogP contribution < -0.4 is 0 Å². The molecule has 0 spiro atoms. The topological polar surface area (TPSA) is 42.9 Å². The van der Waals surface area contributed by atoms with E-state index in [9.17, 15) is 4.79 Å². The molecule has 1 saturated carbocycles. The molecule has 2 unspecified atom stereocenters. The molecule has 30 heavy (non-hydrogen) atoms. The average molecular weight is 405 g/mol. The molecule has 1 fully saturated rings. The third-order valence-electron chi connectivity index (χ3n) is 5.85. The fraction of sp³-hybridized carbons (Fsp3) is 0.444. The van der Waals surface area contributed by atoms with Gasteiger partial charge in [0.05, 0.1) is 11.9 Å². The van der Waals surface area contributed by atoms with Gasteiger partial charge in [0.2, 0.25) is 0 Å². The number of carbonyl (C=O) groups excluding carboxylic acids is 1. The summed E-state index contributed by atoms with van der Waals surface area (Å²) < 4.78 is 0. The summed E-state index contributed by atoms with van der Waals surface area (Å²) in [5, 5.41) is 10.2. The first-order valence-corrected chi connectivity index (χ1v) is 11.1. The van der Waals surface area contributed by atoms with Crippen LogP contribution in [0, 0.1) is 25.7 Å². The van der Waals surface area contributed by atoms with Gasteiger partial charge in [-0.05, 0) is 61.4 Å². The van der Waals surface area contributed by atoms with Gasteiger partial charge in [0.25, 0.3) is 0 Å². The maximum atomic E-state index is 11.6. The minimum absolute atomic E-state index is 0.0822. The molecular formula is C27H36N2O. The molecule has 2 aromatic carbocycles. The maximum absolute atomic E-state index is 11.6. The van der Waals surface area contributed by atoms with Gasteiger partial charge < -0.3 is 0 Å². The van der Waals surface area contributed by atoms with Crippen LogP contribution in [-0.2, 0) is 0 Å². The summed E-state index contributed by atoms with van der Waals surface area (Å²) in [5.41, 5.74) is 4.99. The predicted octanol–water partition coefficient (Wildman–Crippen LogP) is 7.58. The number of ketones is 1. The van der Waals surface area contributed by atoms with Gasteiger partial charge in [0, 0.05) is 16.3 Å². The van der Waals surface area contributed by atoms with Gasteiger partial charge in [-0.15, -0.1) is 0 Å². The number of benzene rings is 2. The fourth-order valence-electron chi connectivity index (χ4n) is 3.38. The number of hydrogen-bond donors (Lipinski definition) is 0. The Morgan fingerprint density at radius 2 is 1.63 bits per heavy atom. The highest BCUT2D eigenvalue weighted by molar-refractivity contribution is 5.96. The van der Waals surface area contributed by atoms with Crippen LogP contribution in [0.4, 0.5) is 0 Å². The minimum atomic E-state index is 0.0822. The molecule has 2 atom stereocenters. The van der Waals surface area contributed by atoms with Crippen molar-refractivity contribution in [2.45, 2.75) is 67.7 Å². The van der Waals surface area contributed by atoms with Crippen LogP contribution in [0.15, 0.2) is 42.6 Å². The van der Waals surface area contributed by atoms with Crippen LogP contribution in [0.2, 0.25) is 0 Å². The molecule has 1 aliphatic carbocycles. The van der Waals surface area contributed by atoms with Gasteiger partial charge in [-0.3, -0.25) is 4.79 Å². The highest BCUT2D eigenvalue weighted by Crippen LogP contribution is 2.32. The molecule has 0 aliphatic heterocycles. The monoisotopic (exact) mass is 404 g/mol. The first-order valence-electron chi connectivity index (χ1n) is 11.1. The summed E-state index contributed by atoms with van der Waals surface area (Å²) in [6, 6.07) is 12.1. The second-order valence-electron chi connectivity index (χ2n) is 8.56. The van der Waals surface area contributed by atoms with E-state index in [1.54, 1.807) is 13.1 Å². The molecule has 3 nitrogen and oxygen atoms in total. The highest BCUT2D eigenvalue weighted by atomic mass is 16.1. The van der Waals surface area contributed by atoms with Gasteiger partial charge in [-0.2, -0.15) is 10.2 Å². The van der Waals surface area contributed by atoms with Gasteiger partial charge >= 0.3 is 0 Å². The zero-order chi connectivity index (χ0) is 22.3. The Bertz CT molecular complexity index is 985. The van der Waals surface area contributed by atoms with Crippen LogP contribution in [0.25, 0.3) is 21.9 Å². The molecule has 0 radical (unpaired) electrons. The van der Waals surface area contributed by atoms with Crippen molar-refractivity contribution in [3.8, 4) is 11.1 Å². The summed E-state index contributed by atoms with van der Waals surface area (Å²) in [4.78, 5) is 11.6. The predicted molar refractivity (Wildman–Crippen MR) is 128 cm³/mol. The minimum Gasteiger partial charge on any atom is -0.295 e. The molecule has 4 rings (SSSR count). The number of aromatic nitrogens is 2. The van der Waals surface area contributed by atoms with E-state index in [0.29, 0.717) is 0 Å². The van der Waals surface area contributed by atoms with Crippen molar-refractivity contribution in [3.05, 3.63) is 59.4 Å². The van der Waals surface area contributed by atoms with Crippen molar-refractivity contribution in [3.63, 3.8) is 0 Å². The molecule has 0 N–H and O–H groups in total. The molecule has 1 heterocycles. The number of aryl methyl sites for hydroxylation is 2. The Balaban J connectivity index is 0.000000298. The lowest BCUT2D eigenvalue weighted by Crippen LogP contribution is -2.18. The van der Waals surface area contributed by atoms with Gasteiger partial charge in [-0.25, -0.2) is 0 Å². The Hall–Kier alpha value is -2.55. The van der Waals surface area contributed by atoms with Crippen LogP contribution in [0.3, 0.4) is 0 Å². The zero-order valence-corrected chi connectivity index (χ0v) is 19.6. The van der Waals surface area contributed by atoms with Crippen molar-refractivity contribution in [1.29, 1.82) is 0 Å². The zero-order valence-electron chi connectivity index (χ0n) is 19.6. The van der Waals surface area contributed by atoms with Crippen molar-refractivity contribution < 1.29 is 4.79 Å². The lowest BCUT2D eigenvalue weighted by molar-refractivity contribution is 0.101. The summed E-state index contributed by atoms with van der Waals surface area (Å²) in [5.74, 6) is 2.15. The van der Waals surface area contributed by atoms with Gasteiger partial charge in [0.1, 0.15) is 0 Å². The smallest absolute Gasteiger partial charge is 0.159 e. The second-order valence-corrected chi connectivity index (χ2v) is 8.56. The Morgan fingerprint density at radius 1 is 1.00 bits per heavy atom. The lowest BCUT2D eigenvalue weighted by atomic mass is 9.77. The van der Waals surface area contributed by atoms with Crippen molar-refractivity contribution in [1.82, 2.24) is 10.2 Å². The molecule has 0 bridgehead atoms. The van der Waals surface area contributed by atoms with E-state index < -0.39 is 0 Å². The standard InChI is InChI=1S/C18H16N2O.C6H12.C3H8/c1-11-4-5-14(13(3)21)9-18(11)15-6-7-17-12(2)20-19-10-16(17)8-15;1-5-3-4-6(5)2;1-3-2/h4-10H,1-3H3;5-6H,3-4H2,1-2H3;3H2,1-2H3. The molecule has 3 heteroatoms. The van der Waals surface area contributed by atoms with Crippen molar-refractivity contribution >= 4 is 16.6 Å². The lowest BCUT2D eigenvalue weighted by Gasteiger charge is -2.29. The van der Waals surface area contributed by atoms with Crippen LogP contribution in [0.1, 0.15) is 75.5 Å². The summed E-state index contributed by atoms with van der Waals surface area (Å²) in [7, 11) is 0. The van der Waals surface area contributed by atoms with E-state index in [2.05, 4.69) is 63.0 Å². The number of carbonyl (C=O) groups is 1. The van der Waals surface area contributed by atoms with E-state index in [4.69, 9.17) is 0 Å². The molecule has 1 aliphatic rings. The van der Waals surface area contributed by atoms with Crippen LogP contribution in [-0.4, -0.2) is 16.0 Å². The van der Waals surface area contributed by atoms with E-state index in [1.165, 1.54) is 19.3 Å². The fourth-order valence-corrected chi connectivity index (χ4v) is 3.38. The average Bonchev–Trinajstić information content (AvgIpc) is 2.73. The quantitative estimate of drug-likeness (QED) is 0.413. The molecular weight excluding hydrogens is 368 g/mol. The molecule has 0 amide bonds. The van der Waals surface area contributed by atoms with Crippen LogP contribution in [0.5, 0.6) is 0 Å². The maximum Gasteiger partial charge on any atom is 0.159 e. The molecule has 1 aromatic heterocycles. The van der Waals surface area contributed by atoms with Crippen LogP contribution >= 0.6 is 0 Å². The third kappa shape index (κ3) is 5.98. The number of nitrogens with zero attached hydrogens (tertiary/aromatic N) is 2. The highest BCUT2D eigenvalue weighted by Gasteiger charge is 2.20. The van der Waals surface area contributed by atoms with Crippen molar-refractivity contribution in [2.24, 2.45) is 11.8 Å². The van der Waals surface area contributed by atoms with Gasteiger partial charge in [-0.1, -0.05) is 71.2 Å². The molecule has 160 valence electrons. The number of fused-ring (bicyclic) bond motifs is 1. The van der Waals surface area contributed by atoms with E-state index >= 15 is 0 Å². The largest absolute Gasteiger partial charge is 0.295 e. The normalized spacial score (nSPS) is 17.2. The Labute approximate surface area is 181 Å². The van der Waals surface area contributed by atoms with Gasteiger partial charge in [0.15, 0.2) is 5.78 Å². The van der Waals surface area contributed by atoms with E-state index in [0.717, 1.165) is 50.6 Å². The molecule has 3 aromatic rings.